The second-order valence-electron chi connectivity index (χ2n) is 3.87. The monoisotopic (exact) mass is 229 g/mol. The molecule has 0 spiro atoms. The Morgan fingerprint density at radius 3 is 2.94 bits per heavy atom. The van der Waals surface area contributed by atoms with E-state index in [-0.39, 0.29) is 5.76 Å². The van der Waals surface area contributed by atoms with E-state index in [9.17, 15) is 13.6 Å². The molecule has 88 valence electrons. The smallest absolute Gasteiger partial charge is 0.289 e. The van der Waals surface area contributed by atoms with Crippen LogP contribution in [0.25, 0.3) is 0 Å². The van der Waals surface area contributed by atoms with Crippen molar-refractivity contribution in [2.45, 2.75) is 31.7 Å². The van der Waals surface area contributed by atoms with E-state index in [4.69, 9.17) is 4.42 Å². The lowest BCUT2D eigenvalue weighted by Crippen LogP contribution is -2.47. The molecule has 0 bridgehead atoms. The van der Waals surface area contributed by atoms with Crippen LogP contribution in [0, 0.1) is 0 Å². The predicted molar refractivity (Wildman–Crippen MR) is 53.4 cm³/mol. The summed E-state index contributed by atoms with van der Waals surface area (Å²) in [7, 11) is 0. The summed E-state index contributed by atoms with van der Waals surface area (Å²) in [6.45, 7) is 0.383. The second-order valence-corrected chi connectivity index (χ2v) is 3.87. The number of amides is 1. The van der Waals surface area contributed by atoms with Crippen LogP contribution in [0.1, 0.15) is 29.8 Å². The van der Waals surface area contributed by atoms with Crippen molar-refractivity contribution in [2.24, 2.45) is 0 Å². The standard InChI is InChI=1S/C11H13F2NO2/c12-10(13)8-4-1-2-6-14(8)11(15)9-5-3-7-16-9/h3,5,7-8,10H,1-2,4,6H2/t8-/m1/s1. The molecule has 0 aromatic carbocycles. The maximum absolute atomic E-state index is 12.7. The van der Waals surface area contributed by atoms with Gasteiger partial charge in [-0.1, -0.05) is 0 Å². The van der Waals surface area contributed by atoms with Crippen LogP contribution in [0.15, 0.2) is 22.8 Å². The Kier molecular flexibility index (Phi) is 3.22. The molecule has 1 aliphatic heterocycles. The zero-order valence-corrected chi connectivity index (χ0v) is 8.73. The van der Waals surface area contributed by atoms with E-state index < -0.39 is 18.4 Å². The molecule has 1 aliphatic rings. The lowest BCUT2D eigenvalue weighted by molar-refractivity contribution is 0.00515. The number of hydrogen-bond donors (Lipinski definition) is 0. The Bertz CT molecular complexity index is 351. The molecule has 1 atom stereocenters. The fraction of sp³-hybridized carbons (Fsp3) is 0.545. The Morgan fingerprint density at radius 2 is 2.31 bits per heavy atom. The highest BCUT2D eigenvalue weighted by atomic mass is 19.3. The summed E-state index contributed by atoms with van der Waals surface area (Å²) in [6, 6.07) is 2.11. The summed E-state index contributed by atoms with van der Waals surface area (Å²) in [4.78, 5) is 13.1. The third-order valence-electron chi connectivity index (χ3n) is 2.83. The first-order valence-corrected chi connectivity index (χ1v) is 5.33. The molecule has 1 aromatic heterocycles. The van der Waals surface area contributed by atoms with Crippen molar-refractivity contribution in [3.05, 3.63) is 24.2 Å². The van der Waals surface area contributed by atoms with Gasteiger partial charge in [0, 0.05) is 6.54 Å². The number of furan rings is 1. The summed E-state index contributed by atoms with van der Waals surface area (Å²) in [5.41, 5.74) is 0. The van der Waals surface area contributed by atoms with Crippen molar-refractivity contribution in [2.75, 3.05) is 6.54 Å². The van der Waals surface area contributed by atoms with Gasteiger partial charge in [0.25, 0.3) is 12.3 Å². The van der Waals surface area contributed by atoms with Gasteiger partial charge in [-0.15, -0.1) is 0 Å². The highest BCUT2D eigenvalue weighted by Gasteiger charge is 2.34. The lowest BCUT2D eigenvalue weighted by Gasteiger charge is -2.34. The van der Waals surface area contributed by atoms with E-state index in [2.05, 4.69) is 0 Å². The molecule has 5 heteroatoms. The fourth-order valence-electron chi connectivity index (χ4n) is 2.01. The van der Waals surface area contributed by atoms with Crippen molar-refractivity contribution in [1.82, 2.24) is 4.90 Å². The quantitative estimate of drug-likeness (QED) is 0.780. The van der Waals surface area contributed by atoms with Gasteiger partial charge in [0.2, 0.25) is 0 Å². The minimum Gasteiger partial charge on any atom is -0.459 e. The first kappa shape index (κ1) is 11.1. The maximum Gasteiger partial charge on any atom is 0.289 e. The normalized spacial score (nSPS) is 21.4. The van der Waals surface area contributed by atoms with Crippen molar-refractivity contribution in [3.63, 3.8) is 0 Å². The van der Waals surface area contributed by atoms with Crippen molar-refractivity contribution in [1.29, 1.82) is 0 Å². The number of carbonyl (C=O) groups excluding carboxylic acids is 1. The largest absolute Gasteiger partial charge is 0.459 e. The van der Waals surface area contributed by atoms with E-state index in [1.807, 2.05) is 0 Å². The summed E-state index contributed by atoms with van der Waals surface area (Å²) >= 11 is 0. The molecule has 1 fully saturated rings. The third-order valence-corrected chi connectivity index (χ3v) is 2.83. The molecule has 0 aliphatic carbocycles. The third kappa shape index (κ3) is 2.08. The minimum atomic E-state index is -2.49. The lowest BCUT2D eigenvalue weighted by atomic mass is 10.0. The van der Waals surface area contributed by atoms with Gasteiger partial charge >= 0.3 is 0 Å². The van der Waals surface area contributed by atoms with Crippen molar-refractivity contribution in [3.8, 4) is 0 Å². The number of alkyl halides is 2. The molecular weight excluding hydrogens is 216 g/mol. The first-order valence-electron chi connectivity index (χ1n) is 5.33. The molecular formula is C11H13F2NO2. The van der Waals surface area contributed by atoms with E-state index >= 15 is 0 Å². The summed E-state index contributed by atoms with van der Waals surface area (Å²) in [6.07, 6.45) is 0.768. The molecule has 3 nitrogen and oxygen atoms in total. The van der Waals surface area contributed by atoms with Crippen LogP contribution in [0.2, 0.25) is 0 Å². The van der Waals surface area contributed by atoms with Gasteiger partial charge in [-0.2, -0.15) is 0 Å². The molecule has 0 saturated carbocycles. The highest BCUT2D eigenvalue weighted by molar-refractivity contribution is 5.91. The van der Waals surface area contributed by atoms with Crippen LogP contribution in [-0.4, -0.2) is 29.8 Å². The Labute approximate surface area is 92.0 Å². The molecule has 2 heterocycles. The van der Waals surface area contributed by atoms with Crippen LogP contribution >= 0.6 is 0 Å². The van der Waals surface area contributed by atoms with Crippen molar-refractivity contribution >= 4 is 5.91 Å². The number of nitrogens with zero attached hydrogens (tertiary/aromatic N) is 1. The van der Waals surface area contributed by atoms with Gasteiger partial charge in [-0.25, -0.2) is 8.78 Å². The number of likely N-dealkylation sites (tertiary alicyclic amines) is 1. The topological polar surface area (TPSA) is 33.5 Å². The van der Waals surface area contributed by atoms with Crippen LogP contribution < -0.4 is 0 Å². The number of rotatable bonds is 2. The highest BCUT2D eigenvalue weighted by Crippen LogP contribution is 2.24. The van der Waals surface area contributed by atoms with E-state index in [0.717, 1.165) is 12.8 Å². The zero-order chi connectivity index (χ0) is 11.5. The molecule has 0 N–H and O–H groups in total. The maximum atomic E-state index is 12.7. The van der Waals surface area contributed by atoms with Crippen LogP contribution in [0.5, 0.6) is 0 Å². The minimum absolute atomic E-state index is 0.132. The number of halogens is 2. The average molecular weight is 229 g/mol. The van der Waals surface area contributed by atoms with Crippen LogP contribution in [0.3, 0.4) is 0 Å². The van der Waals surface area contributed by atoms with E-state index in [0.29, 0.717) is 13.0 Å². The number of hydrogen-bond acceptors (Lipinski definition) is 2. The van der Waals surface area contributed by atoms with Gasteiger partial charge in [0.1, 0.15) is 0 Å². The molecule has 1 amide bonds. The SMILES string of the molecule is O=C(c1ccco1)N1CCCC[C@@H]1C(F)F. The van der Waals surface area contributed by atoms with Gasteiger partial charge < -0.3 is 9.32 Å². The van der Waals surface area contributed by atoms with E-state index in [1.54, 1.807) is 6.07 Å². The first-order chi connectivity index (χ1) is 7.70. The number of carbonyl (C=O) groups is 1. The second kappa shape index (κ2) is 4.63. The van der Waals surface area contributed by atoms with Gasteiger partial charge in [0.05, 0.1) is 12.3 Å². The van der Waals surface area contributed by atoms with Crippen LogP contribution in [0.4, 0.5) is 8.78 Å². The van der Waals surface area contributed by atoms with Gasteiger partial charge in [0.15, 0.2) is 5.76 Å². The molecule has 2 rings (SSSR count). The number of piperidine rings is 1. The summed E-state index contributed by atoms with van der Waals surface area (Å²) in [5, 5.41) is 0. The van der Waals surface area contributed by atoms with Gasteiger partial charge in [-0.05, 0) is 31.4 Å². The molecule has 16 heavy (non-hydrogen) atoms. The van der Waals surface area contributed by atoms with Gasteiger partial charge in [-0.3, -0.25) is 4.79 Å². The van der Waals surface area contributed by atoms with Crippen LogP contribution in [-0.2, 0) is 0 Å². The molecule has 1 aromatic rings. The van der Waals surface area contributed by atoms with E-state index in [1.165, 1.54) is 17.2 Å². The Morgan fingerprint density at radius 1 is 1.50 bits per heavy atom. The zero-order valence-electron chi connectivity index (χ0n) is 8.73. The predicted octanol–water partition coefficient (Wildman–Crippen LogP) is 2.54. The Balaban J connectivity index is 2.14. The average Bonchev–Trinajstić information content (AvgIpc) is 2.81. The molecule has 1 saturated heterocycles. The molecule has 0 unspecified atom stereocenters. The Hall–Kier alpha value is -1.39. The van der Waals surface area contributed by atoms with Crippen molar-refractivity contribution < 1.29 is 18.0 Å². The fourth-order valence-corrected chi connectivity index (χ4v) is 2.01. The molecule has 0 radical (unpaired) electrons. The summed E-state index contributed by atoms with van der Waals surface area (Å²) < 4.78 is 30.4. The summed E-state index contributed by atoms with van der Waals surface area (Å²) in [5.74, 6) is -0.303.